The molecule has 3 aromatic rings. The number of ether oxygens (including phenoxy) is 2. The molecule has 7 heteroatoms. The SMILES string of the molecule is COc1cccc(Nc2cc(C(=O)N(C(C)C)C(C)C)cc(Nc3cccc(OC)c3)n2)c1. The minimum atomic E-state index is -0.0511. The van der Waals surface area contributed by atoms with Crippen LogP contribution in [0.4, 0.5) is 23.0 Å². The zero-order chi connectivity index (χ0) is 24.0. The zero-order valence-corrected chi connectivity index (χ0v) is 20.0. The number of amides is 1. The minimum Gasteiger partial charge on any atom is -0.497 e. The van der Waals surface area contributed by atoms with E-state index in [-0.39, 0.29) is 18.0 Å². The van der Waals surface area contributed by atoms with Gasteiger partial charge in [0.1, 0.15) is 23.1 Å². The second-order valence-corrected chi connectivity index (χ2v) is 8.24. The van der Waals surface area contributed by atoms with Crippen LogP contribution in [0.3, 0.4) is 0 Å². The van der Waals surface area contributed by atoms with E-state index in [9.17, 15) is 4.79 Å². The van der Waals surface area contributed by atoms with Crippen molar-refractivity contribution in [3.05, 3.63) is 66.2 Å². The molecule has 0 fully saturated rings. The minimum absolute atomic E-state index is 0.0511. The maximum absolute atomic E-state index is 13.4. The second-order valence-electron chi connectivity index (χ2n) is 8.24. The molecule has 0 saturated heterocycles. The summed E-state index contributed by atoms with van der Waals surface area (Å²) < 4.78 is 10.6. The van der Waals surface area contributed by atoms with Gasteiger partial charge in [-0.2, -0.15) is 0 Å². The fraction of sp³-hybridized carbons (Fsp3) is 0.308. The van der Waals surface area contributed by atoms with E-state index >= 15 is 0 Å². The Bertz CT molecular complexity index is 1020. The number of nitrogens with zero attached hydrogens (tertiary/aromatic N) is 2. The first-order valence-corrected chi connectivity index (χ1v) is 11.0. The number of carbonyl (C=O) groups excluding carboxylic acids is 1. The lowest BCUT2D eigenvalue weighted by molar-refractivity contribution is 0.0643. The van der Waals surface area contributed by atoms with Crippen molar-refractivity contribution in [3.8, 4) is 11.5 Å². The molecule has 2 N–H and O–H groups in total. The molecule has 0 atom stereocenters. The van der Waals surface area contributed by atoms with Gasteiger partial charge in [0, 0.05) is 41.2 Å². The summed E-state index contributed by atoms with van der Waals surface area (Å²) in [4.78, 5) is 20.0. The molecule has 33 heavy (non-hydrogen) atoms. The Morgan fingerprint density at radius 3 is 1.64 bits per heavy atom. The Morgan fingerprint density at radius 1 is 0.788 bits per heavy atom. The Labute approximate surface area is 195 Å². The van der Waals surface area contributed by atoms with Crippen LogP contribution >= 0.6 is 0 Å². The van der Waals surface area contributed by atoms with Gasteiger partial charge in [-0.05, 0) is 64.1 Å². The summed E-state index contributed by atoms with van der Waals surface area (Å²) in [6.45, 7) is 8.07. The third-order valence-electron chi connectivity index (χ3n) is 5.10. The number of nitrogens with one attached hydrogen (secondary N) is 2. The van der Waals surface area contributed by atoms with E-state index in [1.54, 1.807) is 26.4 Å². The Balaban J connectivity index is 2.01. The largest absolute Gasteiger partial charge is 0.497 e. The number of benzene rings is 2. The summed E-state index contributed by atoms with van der Waals surface area (Å²) in [6.07, 6.45) is 0. The number of hydrogen-bond acceptors (Lipinski definition) is 6. The highest BCUT2D eigenvalue weighted by atomic mass is 16.5. The summed E-state index contributed by atoms with van der Waals surface area (Å²) in [7, 11) is 3.25. The van der Waals surface area contributed by atoms with E-state index in [1.165, 1.54) is 0 Å². The van der Waals surface area contributed by atoms with Gasteiger partial charge in [-0.25, -0.2) is 4.98 Å². The molecule has 7 nitrogen and oxygen atoms in total. The Kier molecular flexibility index (Phi) is 7.77. The predicted molar refractivity (Wildman–Crippen MR) is 133 cm³/mol. The third-order valence-corrected chi connectivity index (χ3v) is 5.10. The summed E-state index contributed by atoms with van der Waals surface area (Å²) >= 11 is 0. The van der Waals surface area contributed by atoms with Crippen LogP contribution < -0.4 is 20.1 Å². The van der Waals surface area contributed by atoms with Crippen LogP contribution in [-0.2, 0) is 0 Å². The molecule has 3 rings (SSSR count). The van der Waals surface area contributed by atoms with Crippen LogP contribution in [0.5, 0.6) is 11.5 Å². The Hall–Kier alpha value is -3.74. The van der Waals surface area contributed by atoms with E-state index in [0.29, 0.717) is 17.2 Å². The van der Waals surface area contributed by atoms with E-state index < -0.39 is 0 Å². The molecule has 0 bridgehead atoms. The summed E-state index contributed by atoms with van der Waals surface area (Å²) in [5.41, 5.74) is 2.16. The summed E-state index contributed by atoms with van der Waals surface area (Å²) in [5, 5.41) is 6.59. The molecule has 1 amide bonds. The van der Waals surface area contributed by atoms with Gasteiger partial charge in [0.25, 0.3) is 5.91 Å². The summed E-state index contributed by atoms with van der Waals surface area (Å²) in [6, 6.07) is 18.8. The van der Waals surface area contributed by atoms with Crippen molar-refractivity contribution < 1.29 is 14.3 Å². The van der Waals surface area contributed by atoms with Crippen LogP contribution in [-0.4, -0.2) is 42.1 Å². The fourth-order valence-corrected chi connectivity index (χ4v) is 3.69. The predicted octanol–water partition coefficient (Wildman–Crippen LogP) is 5.85. The van der Waals surface area contributed by atoms with E-state index in [4.69, 9.17) is 14.5 Å². The fourth-order valence-electron chi connectivity index (χ4n) is 3.69. The molecule has 0 saturated carbocycles. The first-order chi connectivity index (χ1) is 15.8. The molecule has 1 heterocycles. The van der Waals surface area contributed by atoms with Gasteiger partial charge in [-0.15, -0.1) is 0 Å². The molecule has 0 unspecified atom stereocenters. The normalized spacial score (nSPS) is 10.8. The number of carbonyl (C=O) groups is 1. The van der Waals surface area contributed by atoms with Crippen LogP contribution in [0.25, 0.3) is 0 Å². The second kappa shape index (κ2) is 10.7. The average molecular weight is 449 g/mol. The molecule has 0 aliphatic heterocycles. The van der Waals surface area contributed by atoms with Crippen LogP contribution in [0.1, 0.15) is 38.1 Å². The van der Waals surface area contributed by atoms with Gasteiger partial charge in [-0.3, -0.25) is 4.79 Å². The van der Waals surface area contributed by atoms with Crippen molar-refractivity contribution in [3.63, 3.8) is 0 Å². The lowest BCUT2D eigenvalue weighted by Crippen LogP contribution is -2.42. The van der Waals surface area contributed by atoms with Crippen molar-refractivity contribution in [1.29, 1.82) is 0 Å². The number of hydrogen-bond donors (Lipinski definition) is 2. The number of rotatable bonds is 9. The van der Waals surface area contributed by atoms with Gasteiger partial charge < -0.3 is 25.0 Å². The molecular weight excluding hydrogens is 416 g/mol. The number of aromatic nitrogens is 1. The monoisotopic (exact) mass is 448 g/mol. The van der Waals surface area contributed by atoms with E-state index in [0.717, 1.165) is 22.9 Å². The highest BCUT2D eigenvalue weighted by Gasteiger charge is 2.23. The van der Waals surface area contributed by atoms with Gasteiger partial charge >= 0.3 is 0 Å². The molecule has 174 valence electrons. The van der Waals surface area contributed by atoms with Gasteiger partial charge in [0.05, 0.1) is 14.2 Å². The molecule has 1 aromatic heterocycles. The van der Waals surface area contributed by atoms with Crippen molar-refractivity contribution in [2.24, 2.45) is 0 Å². The van der Waals surface area contributed by atoms with Crippen molar-refractivity contribution in [1.82, 2.24) is 9.88 Å². The van der Waals surface area contributed by atoms with Crippen LogP contribution in [0, 0.1) is 0 Å². The maximum atomic E-state index is 13.4. The number of anilines is 4. The lowest BCUT2D eigenvalue weighted by Gasteiger charge is -2.31. The highest BCUT2D eigenvalue weighted by Crippen LogP contribution is 2.26. The van der Waals surface area contributed by atoms with Gasteiger partial charge in [-0.1, -0.05) is 12.1 Å². The van der Waals surface area contributed by atoms with Crippen LogP contribution in [0.15, 0.2) is 60.7 Å². The van der Waals surface area contributed by atoms with Crippen LogP contribution in [0.2, 0.25) is 0 Å². The molecular formula is C26H32N4O3. The molecule has 0 spiro atoms. The van der Waals surface area contributed by atoms with E-state index in [2.05, 4.69) is 10.6 Å². The average Bonchev–Trinajstić information content (AvgIpc) is 2.78. The van der Waals surface area contributed by atoms with Crippen molar-refractivity contribution in [2.45, 2.75) is 39.8 Å². The summed E-state index contributed by atoms with van der Waals surface area (Å²) in [5.74, 6) is 2.50. The molecule has 0 aliphatic carbocycles. The lowest BCUT2D eigenvalue weighted by atomic mass is 10.1. The Morgan fingerprint density at radius 2 is 1.24 bits per heavy atom. The number of pyridine rings is 1. The van der Waals surface area contributed by atoms with Gasteiger partial charge in [0.15, 0.2) is 0 Å². The number of methoxy groups -OCH3 is 2. The first-order valence-electron chi connectivity index (χ1n) is 11.0. The van der Waals surface area contributed by atoms with Crippen molar-refractivity contribution in [2.75, 3.05) is 24.9 Å². The van der Waals surface area contributed by atoms with Gasteiger partial charge in [0.2, 0.25) is 0 Å². The first kappa shape index (κ1) is 23.9. The van der Waals surface area contributed by atoms with Crippen molar-refractivity contribution >= 4 is 28.9 Å². The molecule has 0 aliphatic rings. The third kappa shape index (κ3) is 6.16. The zero-order valence-electron chi connectivity index (χ0n) is 20.0. The van der Waals surface area contributed by atoms with E-state index in [1.807, 2.05) is 81.1 Å². The highest BCUT2D eigenvalue weighted by molar-refractivity contribution is 5.96. The smallest absolute Gasteiger partial charge is 0.254 e. The maximum Gasteiger partial charge on any atom is 0.254 e. The standard InChI is InChI=1S/C26H32N4O3/c1-17(2)30(18(3)4)26(31)19-13-24(27-20-9-7-11-22(15-20)32-5)29-25(14-19)28-21-10-8-12-23(16-21)33-6/h7-18H,1-6H3,(H2,27,28,29). The molecule has 2 aromatic carbocycles. The molecule has 0 radical (unpaired) electrons. The topological polar surface area (TPSA) is 75.7 Å². The quantitative estimate of drug-likeness (QED) is 0.428.